The standard InChI is InChI=1S/C15H9F3N4O4/c16-15(17,18)26-12-4-2-1-3-11(12)19-14(23)13-9-7-8(22(24)25)5-6-10(9)20-21-13/h1-7H,(H,19,23)(H,20,21). The summed E-state index contributed by atoms with van der Waals surface area (Å²) in [6, 6.07) is 8.72. The molecule has 0 spiro atoms. The molecule has 0 saturated carbocycles. The molecule has 1 heterocycles. The predicted molar refractivity (Wildman–Crippen MR) is 83.8 cm³/mol. The van der Waals surface area contributed by atoms with Crippen LogP contribution in [0.15, 0.2) is 42.5 Å². The zero-order valence-corrected chi connectivity index (χ0v) is 12.7. The van der Waals surface area contributed by atoms with Crippen LogP contribution in [0.5, 0.6) is 5.75 Å². The van der Waals surface area contributed by atoms with E-state index < -0.39 is 22.9 Å². The van der Waals surface area contributed by atoms with Gasteiger partial charge in [0.15, 0.2) is 11.4 Å². The number of fused-ring (bicyclic) bond motifs is 1. The van der Waals surface area contributed by atoms with Crippen LogP contribution in [0.25, 0.3) is 10.9 Å². The molecule has 0 fully saturated rings. The number of nitro benzene ring substituents is 1. The van der Waals surface area contributed by atoms with Crippen LogP contribution in [0.1, 0.15) is 10.5 Å². The minimum atomic E-state index is -4.93. The van der Waals surface area contributed by atoms with Gasteiger partial charge < -0.3 is 10.1 Å². The number of halogens is 3. The number of rotatable bonds is 4. The third-order valence-corrected chi connectivity index (χ3v) is 3.33. The Morgan fingerprint density at radius 1 is 1.23 bits per heavy atom. The molecular weight excluding hydrogens is 357 g/mol. The number of carbonyl (C=O) groups excluding carboxylic acids is 1. The maximum atomic E-state index is 12.4. The van der Waals surface area contributed by atoms with Gasteiger partial charge in [-0.2, -0.15) is 5.10 Å². The number of H-pyrrole nitrogens is 1. The Balaban J connectivity index is 1.93. The highest BCUT2D eigenvalue weighted by Gasteiger charge is 2.32. The van der Waals surface area contributed by atoms with Gasteiger partial charge >= 0.3 is 6.36 Å². The van der Waals surface area contributed by atoms with E-state index in [1.165, 1.54) is 30.3 Å². The lowest BCUT2D eigenvalue weighted by molar-refractivity contribution is -0.384. The molecule has 11 heteroatoms. The summed E-state index contributed by atoms with van der Waals surface area (Å²) in [5, 5.41) is 19.6. The fourth-order valence-electron chi connectivity index (χ4n) is 2.25. The maximum Gasteiger partial charge on any atom is 0.573 e. The summed E-state index contributed by atoms with van der Waals surface area (Å²) in [6.07, 6.45) is -4.93. The van der Waals surface area contributed by atoms with Crippen molar-refractivity contribution in [2.75, 3.05) is 5.32 Å². The number of hydrogen-bond donors (Lipinski definition) is 2. The molecule has 134 valence electrons. The lowest BCUT2D eigenvalue weighted by atomic mass is 10.2. The van der Waals surface area contributed by atoms with Gasteiger partial charge in [-0.25, -0.2) is 0 Å². The molecule has 2 aromatic carbocycles. The average Bonchev–Trinajstić information content (AvgIpc) is 2.98. The van der Waals surface area contributed by atoms with Crippen LogP contribution in [0.3, 0.4) is 0 Å². The first-order valence-electron chi connectivity index (χ1n) is 7.03. The van der Waals surface area contributed by atoms with E-state index in [4.69, 9.17) is 0 Å². The Hall–Kier alpha value is -3.63. The van der Waals surface area contributed by atoms with Gasteiger partial charge in [0.05, 0.1) is 16.1 Å². The zero-order chi connectivity index (χ0) is 18.9. The van der Waals surface area contributed by atoms with Gasteiger partial charge in [0.2, 0.25) is 0 Å². The van der Waals surface area contributed by atoms with Crippen molar-refractivity contribution in [1.82, 2.24) is 10.2 Å². The molecule has 1 amide bonds. The quantitative estimate of drug-likeness (QED) is 0.541. The van der Waals surface area contributed by atoms with Crippen LogP contribution in [0, 0.1) is 10.1 Å². The van der Waals surface area contributed by atoms with Gasteiger partial charge in [0.1, 0.15) is 0 Å². The summed E-state index contributed by atoms with van der Waals surface area (Å²) in [4.78, 5) is 22.6. The van der Waals surface area contributed by atoms with Crippen LogP contribution >= 0.6 is 0 Å². The number of carbonyl (C=O) groups is 1. The van der Waals surface area contributed by atoms with E-state index >= 15 is 0 Å². The Bertz CT molecular complexity index is 1000. The second-order valence-corrected chi connectivity index (χ2v) is 5.06. The van der Waals surface area contributed by atoms with Crippen molar-refractivity contribution < 1.29 is 27.6 Å². The molecule has 3 rings (SSSR count). The first kappa shape index (κ1) is 17.2. The zero-order valence-electron chi connectivity index (χ0n) is 12.7. The van der Waals surface area contributed by atoms with Crippen molar-refractivity contribution in [2.24, 2.45) is 0 Å². The van der Waals surface area contributed by atoms with Gasteiger partial charge in [-0.3, -0.25) is 20.0 Å². The third-order valence-electron chi connectivity index (χ3n) is 3.33. The van der Waals surface area contributed by atoms with E-state index in [9.17, 15) is 28.1 Å². The molecule has 0 aliphatic heterocycles. The van der Waals surface area contributed by atoms with Crippen LogP contribution in [-0.4, -0.2) is 27.4 Å². The number of hydrogen-bond acceptors (Lipinski definition) is 5. The van der Waals surface area contributed by atoms with E-state index in [-0.39, 0.29) is 22.5 Å². The van der Waals surface area contributed by atoms with Crippen LogP contribution in [0.4, 0.5) is 24.5 Å². The number of aromatic nitrogens is 2. The fraction of sp³-hybridized carbons (Fsp3) is 0.0667. The number of ether oxygens (including phenoxy) is 1. The monoisotopic (exact) mass is 366 g/mol. The lowest BCUT2D eigenvalue weighted by Gasteiger charge is -2.13. The predicted octanol–water partition coefficient (Wildman–Crippen LogP) is 3.62. The molecule has 1 aromatic heterocycles. The Morgan fingerprint density at radius 3 is 2.65 bits per heavy atom. The number of nitrogens with one attached hydrogen (secondary N) is 2. The number of amides is 1. The number of aromatic amines is 1. The van der Waals surface area contributed by atoms with Crippen molar-refractivity contribution in [1.29, 1.82) is 0 Å². The molecule has 0 aliphatic carbocycles. The second kappa shape index (κ2) is 6.35. The van der Waals surface area contributed by atoms with Gasteiger partial charge in [-0.1, -0.05) is 12.1 Å². The largest absolute Gasteiger partial charge is 0.573 e. The highest BCUT2D eigenvalue weighted by atomic mass is 19.4. The van der Waals surface area contributed by atoms with E-state index in [1.54, 1.807) is 0 Å². The van der Waals surface area contributed by atoms with Crippen molar-refractivity contribution in [2.45, 2.75) is 6.36 Å². The summed E-state index contributed by atoms with van der Waals surface area (Å²) < 4.78 is 41.2. The molecule has 2 N–H and O–H groups in total. The number of nitrogens with zero attached hydrogens (tertiary/aromatic N) is 2. The Kier molecular flexibility index (Phi) is 4.20. The van der Waals surface area contributed by atoms with Gasteiger partial charge in [-0.15, -0.1) is 13.2 Å². The number of benzene rings is 2. The highest BCUT2D eigenvalue weighted by Crippen LogP contribution is 2.30. The number of non-ortho nitro benzene ring substituents is 1. The summed E-state index contributed by atoms with van der Waals surface area (Å²) in [5.41, 5.74) is -0.323. The molecule has 3 aromatic rings. The maximum absolute atomic E-state index is 12.4. The molecule has 0 saturated heterocycles. The van der Waals surface area contributed by atoms with E-state index in [1.807, 2.05) is 0 Å². The molecule has 0 radical (unpaired) electrons. The summed E-state index contributed by atoms with van der Waals surface area (Å²) in [6.45, 7) is 0. The van der Waals surface area contributed by atoms with E-state index in [2.05, 4.69) is 20.3 Å². The van der Waals surface area contributed by atoms with Crippen LogP contribution in [-0.2, 0) is 0 Å². The summed E-state index contributed by atoms with van der Waals surface area (Å²) in [7, 11) is 0. The number of alkyl halides is 3. The molecular formula is C15H9F3N4O4. The molecule has 26 heavy (non-hydrogen) atoms. The molecule has 8 nitrogen and oxygen atoms in total. The van der Waals surface area contributed by atoms with E-state index in [0.717, 1.165) is 12.1 Å². The molecule has 0 aliphatic rings. The molecule has 0 unspecified atom stereocenters. The second-order valence-electron chi connectivity index (χ2n) is 5.06. The van der Waals surface area contributed by atoms with Gasteiger partial charge in [0.25, 0.3) is 11.6 Å². The molecule has 0 bridgehead atoms. The first-order valence-corrected chi connectivity index (χ1v) is 7.03. The Morgan fingerprint density at radius 2 is 1.96 bits per heavy atom. The molecule has 0 atom stereocenters. The smallest absolute Gasteiger partial charge is 0.404 e. The minimum Gasteiger partial charge on any atom is -0.404 e. The normalized spacial score (nSPS) is 11.3. The first-order chi connectivity index (χ1) is 12.2. The number of nitro groups is 1. The third kappa shape index (κ3) is 3.55. The van der Waals surface area contributed by atoms with Crippen LogP contribution in [0.2, 0.25) is 0 Å². The SMILES string of the molecule is O=C(Nc1ccccc1OC(F)(F)F)c1n[nH]c2ccc([N+](=O)[O-])cc12. The summed E-state index contributed by atoms with van der Waals surface area (Å²) in [5.74, 6) is -1.45. The van der Waals surface area contributed by atoms with Gasteiger partial charge in [-0.05, 0) is 18.2 Å². The lowest BCUT2D eigenvalue weighted by Crippen LogP contribution is -2.19. The van der Waals surface area contributed by atoms with E-state index in [0.29, 0.717) is 5.52 Å². The topological polar surface area (TPSA) is 110 Å². The highest BCUT2D eigenvalue weighted by molar-refractivity contribution is 6.11. The number of anilines is 1. The van der Waals surface area contributed by atoms with Crippen LogP contribution < -0.4 is 10.1 Å². The summed E-state index contributed by atoms with van der Waals surface area (Å²) >= 11 is 0. The Labute approximate surface area is 142 Å². The van der Waals surface area contributed by atoms with Crippen molar-refractivity contribution in [3.05, 3.63) is 58.3 Å². The van der Waals surface area contributed by atoms with Gasteiger partial charge in [0, 0.05) is 17.5 Å². The van der Waals surface area contributed by atoms with Crippen molar-refractivity contribution in [3.8, 4) is 5.75 Å². The van der Waals surface area contributed by atoms with Crippen molar-refractivity contribution in [3.63, 3.8) is 0 Å². The number of para-hydroxylation sites is 2. The fourth-order valence-corrected chi connectivity index (χ4v) is 2.25. The minimum absolute atomic E-state index is 0.158. The average molecular weight is 366 g/mol. The van der Waals surface area contributed by atoms with Crippen molar-refractivity contribution >= 4 is 28.2 Å².